The quantitative estimate of drug-likeness (QED) is 0.646. The van der Waals surface area contributed by atoms with Crippen LogP contribution in [-0.2, 0) is 0 Å². The van der Waals surface area contributed by atoms with Gasteiger partial charge >= 0.3 is 0 Å². The minimum Gasteiger partial charge on any atom is -0.370 e. The van der Waals surface area contributed by atoms with Gasteiger partial charge in [-0.1, -0.05) is 6.92 Å². The van der Waals surface area contributed by atoms with Crippen LogP contribution in [0.3, 0.4) is 0 Å². The summed E-state index contributed by atoms with van der Waals surface area (Å²) in [5.74, 6) is 1.16. The van der Waals surface area contributed by atoms with Crippen LogP contribution >= 0.6 is 0 Å². The smallest absolute Gasteiger partial charge is 0.191 e. The zero-order chi connectivity index (χ0) is 18.4. The van der Waals surface area contributed by atoms with E-state index >= 15 is 0 Å². The average molecular weight is 362 g/mol. The molecular formula is C20H32FN5. The highest BCUT2D eigenvalue weighted by molar-refractivity contribution is 5.78. The number of piperazine rings is 1. The number of guanidine groups is 1. The van der Waals surface area contributed by atoms with E-state index in [0.717, 1.165) is 38.4 Å². The molecule has 0 bridgehead atoms. The molecule has 1 aromatic carbocycles. The third kappa shape index (κ3) is 5.10. The Labute approximate surface area is 156 Å². The molecule has 1 aromatic rings. The largest absolute Gasteiger partial charge is 0.370 e. The Hall–Kier alpha value is -1.82. The van der Waals surface area contributed by atoms with Crippen LogP contribution in [0.25, 0.3) is 0 Å². The molecule has 2 aliphatic heterocycles. The van der Waals surface area contributed by atoms with Crippen LogP contribution in [-0.4, -0.2) is 68.1 Å². The van der Waals surface area contributed by atoms with Crippen molar-refractivity contribution < 1.29 is 4.39 Å². The lowest BCUT2D eigenvalue weighted by molar-refractivity contribution is 0.188. The van der Waals surface area contributed by atoms with Crippen molar-refractivity contribution in [2.45, 2.75) is 26.2 Å². The third-order valence-electron chi connectivity index (χ3n) is 5.55. The summed E-state index contributed by atoms with van der Waals surface area (Å²) in [6.07, 6.45) is 3.70. The van der Waals surface area contributed by atoms with Gasteiger partial charge < -0.3 is 20.4 Å². The van der Waals surface area contributed by atoms with Gasteiger partial charge in [-0.2, -0.15) is 0 Å². The number of nitrogens with two attached hydrogens (primary N) is 1. The minimum absolute atomic E-state index is 0.190. The minimum atomic E-state index is -0.190. The van der Waals surface area contributed by atoms with Crippen molar-refractivity contribution >= 4 is 11.6 Å². The number of hydrogen-bond acceptors (Lipinski definition) is 3. The lowest BCUT2D eigenvalue weighted by Gasteiger charge is -2.37. The van der Waals surface area contributed by atoms with E-state index in [4.69, 9.17) is 5.73 Å². The number of anilines is 1. The van der Waals surface area contributed by atoms with Crippen LogP contribution in [0, 0.1) is 11.7 Å². The summed E-state index contributed by atoms with van der Waals surface area (Å²) >= 11 is 0. The molecule has 3 rings (SSSR count). The molecule has 0 atom stereocenters. The molecule has 0 unspecified atom stereocenters. The maximum Gasteiger partial charge on any atom is 0.191 e. The third-order valence-corrected chi connectivity index (χ3v) is 5.55. The van der Waals surface area contributed by atoms with Crippen LogP contribution < -0.4 is 10.6 Å². The van der Waals surface area contributed by atoms with Crippen molar-refractivity contribution in [2.24, 2.45) is 16.6 Å². The van der Waals surface area contributed by atoms with Gasteiger partial charge in [-0.25, -0.2) is 4.39 Å². The van der Waals surface area contributed by atoms with E-state index in [-0.39, 0.29) is 5.82 Å². The topological polar surface area (TPSA) is 48.1 Å². The van der Waals surface area contributed by atoms with Gasteiger partial charge in [0.15, 0.2) is 5.96 Å². The fraction of sp³-hybridized carbons (Fsp3) is 0.650. The monoisotopic (exact) mass is 361 g/mol. The standard InChI is InChI=1S/C20H32FN5/c1-2-9-24-10-7-17(8-11-24)16-23-20(22)26-14-12-25(13-15-26)19-5-3-18(21)4-6-19/h3-6,17H,2,7-16H2,1H3,(H2,22,23). The molecule has 0 aliphatic carbocycles. The fourth-order valence-corrected chi connectivity index (χ4v) is 3.88. The summed E-state index contributed by atoms with van der Waals surface area (Å²) in [5, 5.41) is 0. The number of hydrogen-bond donors (Lipinski definition) is 1. The maximum atomic E-state index is 13.1. The highest BCUT2D eigenvalue weighted by Crippen LogP contribution is 2.19. The highest BCUT2D eigenvalue weighted by Gasteiger charge is 2.21. The van der Waals surface area contributed by atoms with Crippen LogP contribution in [0.4, 0.5) is 10.1 Å². The number of nitrogens with zero attached hydrogens (tertiary/aromatic N) is 4. The van der Waals surface area contributed by atoms with E-state index in [9.17, 15) is 4.39 Å². The van der Waals surface area contributed by atoms with Gasteiger partial charge in [-0.05, 0) is 69.1 Å². The van der Waals surface area contributed by atoms with E-state index in [1.54, 1.807) is 0 Å². The fourth-order valence-electron chi connectivity index (χ4n) is 3.88. The number of piperidine rings is 1. The van der Waals surface area contributed by atoms with Crippen molar-refractivity contribution in [1.29, 1.82) is 0 Å². The van der Waals surface area contributed by atoms with Crippen molar-refractivity contribution in [3.05, 3.63) is 30.1 Å². The van der Waals surface area contributed by atoms with Gasteiger partial charge in [-0.15, -0.1) is 0 Å². The summed E-state index contributed by atoms with van der Waals surface area (Å²) in [4.78, 5) is 11.7. The Morgan fingerprint density at radius 2 is 1.73 bits per heavy atom. The number of aliphatic imine (C=N–C) groups is 1. The number of benzene rings is 1. The lowest BCUT2D eigenvalue weighted by atomic mass is 9.97. The molecule has 0 amide bonds. The number of halogens is 1. The summed E-state index contributed by atoms with van der Waals surface area (Å²) in [5.41, 5.74) is 7.31. The zero-order valence-corrected chi connectivity index (χ0v) is 15.9. The first-order valence-electron chi connectivity index (χ1n) is 9.93. The van der Waals surface area contributed by atoms with Crippen LogP contribution in [0.5, 0.6) is 0 Å². The SMILES string of the molecule is CCCN1CCC(CN=C(N)N2CCN(c3ccc(F)cc3)CC2)CC1. The highest BCUT2D eigenvalue weighted by atomic mass is 19.1. The number of rotatable bonds is 5. The summed E-state index contributed by atoms with van der Waals surface area (Å²) < 4.78 is 13.1. The molecule has 2 heterocycles. The average Bonchev–Trinajstić information content (AvgIpc) is 2.68. The van der Waals surface area contributed by atoms with Crippen molar-refractivity contribution in [3.8, 4) is 0 Å². The van der Waals surface area contributed by atoms with Crippen molar-refractivity contribution in [1.82, 2.24) is 9.80 Å². The maximum absolute atomic E-state index is 13.1. The molecule has 6 heteroatoms. The zero-order valence-electron chi connectivity index (χ0n) is 15.9. The predicted octanol–water partition coefficient (Wildman–Crippen LogP) is 2.38. The molecule has 2 aliphatic rings. The van der Waals surface area contributed by atoms with Crippen molar-refractivity contribution in [2.75, 3.05) is 57.3 Å². The Morgan fingerprint density at radius 3 is 2.35 bits per heavy atom. The van der Waals surface area contributed by atoms with Crippen LogP contribution in [0.1, 0.15) is 26.2 Å². The van der Waals surface area contributed by atoms with E-state index in [2.05, 4.69) is 26.6 Å². The van der Waals surface area contributed by atoms with E-state index in [1.807, 2.05) is 12.1 Å². The second-order valence-electron chi connectivity index (χ2n) is 7.43. The summed E-state index contributed by atoms with van der Waals surface area (Å²) in [6.45, 7) is 10.2. The van der Waals surface area contributed by atoms with Gasteiger partial charge in [0, 0.05) is 38.4 Å². The summed E-state index contributed by atoms with van der Waals surface area (Å²) in [7, 11) is 0. The Morgan fingerprint density at radius 1 is 1.08 bits per heavy atom. The molecule has 0 spiro atoms. The molecule has 0 radical (unpaired) electrons. The van der Waals surface area contributed by atoms with Gasteiger partial charge in [-0.3, -0.25) is 4.99 Å². The van der Waals surface area contributed by atoms with E-state index in [1.165, 1.54) is 51.0 Å². The number of likely N-dealkylation sites (tertiary alicyclic amines) is 1. The first-order valence-corrected chi connectivity index (χ1v) is 9.93. The molecule has 144 valence electrons. The van der Waals surface area contributed by atoms with Gasteiger partial charge in [0.1, 0.15) is 5.82 Å². The molecule has 0 aromatic heterocycles. The molecule has 0 saturated carbocycles. The normalized spacial score (nSPS) is 20.6. The second kappa shape index (κ2) is 9.21. The van der Waals surface area contributed by atoms with Gasteiger partial charge in [0.05, 0.1) is 0 Å². The van der Waals surface area contributed by atoms with Gasteiger partial charge in [0.2, 0.25) is 0 Å². The Balaban J connectivity index is 1.42. The van der Waals surface area contributed by atoms with Crippen molar-refractivity contribution in [3.63, 3.8) is 0 Å². The predicted molar refractivity (Wildman–Crippen MR) is 106 cm³/mol. The van der Waals surface area contributed by atoms with E-state index < -0.39 is 0 Å². The molecule has 2 saturated heterocycles. The molecular weight excluding hydrogens is 329 g/mol. The molecule has 2 fully saturated rings. The van der Waals surface area contributed by atoms with Crippen LogP contribution in [0.15, 0.2) is 29.3 Å². The lowest BCUT2D eigenvalue weighted by Crippen LogP contribution is -2.51. The first kappa shape index (κ1) is 19.0. The molecule has 2 N–H and O–H groups in total. The Bertz CT molecular complexity index is 572. The summed E-state index contributed by atoms with van der Waals surface area (Å²) in [6, 6.07) is 6.72. The van der Waals surface area contributed by atoms with Crippen LogP contribution in [0.2, 0.25) is 0 Å². The Kier molecular flexibility index (Phi) is 6.72. The van der Waals surface area contributed by atoms with E-state index in [0.29, 0.717) is 11.9 Å². The molecule has 5 nitrogen and oxygen atoms in total. The first-order chi connectivity index (χ1) is 12.7. The van der Waals surface area contributed by atoms with Gasteiger partial charge in [0.25, 0.3) is 0 Å². The second-order valence-corrected chi connectivity index (χ2v) is 7.43. The molecule has 26 heavy (non-hydrogen) atoms.